The summed E-state index contributed by atoms with van der Waals surface area (Å²) in [6, 6.07) is 11.1. The minimum Gasteiger partial charge on any atom is -0.490 e. The molecule has 2 aromatic rings. The smallest absolute Gasteiger partial charge is 0.302 e. The number of nitrogens with zero attached hydrogens (tertiary/aromatic N) is 1. The molecular weight excluding hydrogens is 515 g/mol. The van der Waals surface area contributed by atoms with Crippen molar-refractivity contribution >= 4 is 44.9 Å². The summed E-state index contributed by atoms with van der Waals surface area (Å²) in [6.07, 6.45) is 1.78. The molecule has 190 valence electrons. The number of esters is 1. The number of carbonyl (C=O) groups is 2. The highest BCUT2D eigenvalue weighted by Crippen LogP contribution is 2.28. The number of likely N-dealkylation sites (tertiary alicyclic amines) is 1. The average molecular weight is 543 g/mol. The van der Waals surface area contributed by atoms with E-state index in [0.717, 1.165) is 25.9 Å². The van der Waals surface area contributed by atoms with Crippen molar-refractivity contribution in [2.45, 2.75) is 30.8 Å². The van der Waals surface area contributed by atoms with Crippen LogP contribution in [-0.2, 0) is 19.4 Å². The Balaban J connectivity index is 1.42. The Bertz CT molecular complexity index is 1150. The Morgan fingerprint density at radius 3 is 2.51 bits per heavy atom. The summed E-state index contributed by atoms with van der Waals surface area (Å²) < 4.78 is 35.6. The summed E-state index contributed by atoms with van der Waals surface area (Å²) in [5, 5.41) is 3.79. The van der Waals surface area contributed by atoms with Crippen molar-refractivity contribution in [2.24, 2.45) is 0 Å². The van der Waals surface area contributed by atoms with Crippen molar-refractivity contribution in [1.82, 2.24) is 10.2 Å². The van der Waals surface area contributed by atoms with E-state index < -0.39 is 15.8 Å². The molecule has 35 heavy (non-hydrogen) atoms. The molecule has 2 aromatic carbocycles. The van der Waals surface area contributed by atoms with Crippen LogP contribution < -0.4 is 10.1 Å². The number of amides is 1. The van der Waals surface area contributed by atoms with Gasteiger partial charge >= 0.3 is 5.97 Å². The lowest BCUT2D eigenvalue weighted by atomic mass is 10.1. The highest BCUT2D eigenvalue weighted by atomic mass is 35.5. The van der Waals surface area contributed by atoms with Gasteiger partial charge in [0.25, 0.3) is 5.91 Å². The maximum Gasteiger partial charge on any atom is 0.302 e. The number of benzene rings is 2. The van der Waals surface area contributed by atoms with Crippen LogP contribution in [0.2, 0.25) is 10.0 Å². The highest BCUT2D eigenvalue weighted by molar-refractivity contribution is 7.91. The van der Waals surface area contributed by atoms with Crippen molar-refractivity contribution in [2.75, 3.05) is 38.5 Å². The number of sulfone groups is 1. The van der Waals surface area contributed by atoms with Gasteiger partial charge in [-0.15, -0.1) is 0 Å². The molecule has 3 rings (SSSR count). The van der Waals surface area contributed by atoms with Crippen LogP contribution in [0, 0.1) is 0 Å². The van der Waals surface area contributed by atoms with Gasteiger partial charge in [-0.1, -0.05) is 29.3 Å². The molecule has 0 atom stereocenters. The normalized spacial score (nSPS) is 14.9. The first kappa shape index (κ1) is 27.3. The monoisotopic (exact) mass is 542 g/mol. The third-order valence-electron chi connectivity index (χ3n) is 5.55. The van der Waals surface area contributed by atoms with E-state index in [2.05, 4.69) is 10.2 Å². The van der Waals surface area contributed by atoms with E-state index in [9.17, 15) is 18.0 Å². The van der Waals surface area contributed by atoms with Crippen LogP contribution in [0.3, 0.4) is 0 Å². The summed E-state index contributed by atoms with van der Waals surface area (Å²) in [5.74, 6) is -0.542. The van der Waals surface area contributed by atoms with E-state index in [1.807, 2.05) is 0 Å². The van der Waals surface area contributed by atoms with Gasteiger partial charge in [-0.25, -0.2) is 8.42 Å². The molecule has 11 heteroatoms. The first-order valence-corrected chi connectivity index (χ1v) is 13.6. The molecule has 0 unspecified atom stereocenters. The Hall–Kier alpha value is -2.33. The van der Waals surface area contributed by atoms with Gasteiger partial charge in [0.05, 0.1) is 20.7 Å². The van der Waals surface area contributed by atoms with Gasteiger partial charge in [0.2, 0.25) is 0 Å². The zero-order chi connectivity index (χ0) is 25.4. The molecule has 0 spiro atoms. The molecule has 0 saturated carbocycles. The Morgan fingerprint density at radius 2 is 1.83 bits per heavy atom. The van der Waals surface area contributed by atoms with Gasteiger partial charge in [0.15, 0.2) is 9.84 Å². The predicted molar refractivity (Wildman–Crippen MR) is 134 cm³/mol. The zero-order valence-electron chi connectivity index (χ0n) is 19.3. The van der Waals surface area contributed by atoms with Crippen molar-refractivity contribution in [3.05, 3.63) is 58.1 Å². The van der Waals surface area contributed by atoms with Crippen LogP contribution in [-0.4, -0.2) is 69.8 Å². The van der Waals surface area contributed by atoms with Crippen LogP contribution in [0.1, 0.15) is 30.1 Å². The standard InChI is InChI=1S/C24H28Cl2N2O6S/c1-17(29)33-13-14-35(31,32)21-4-2-3-18(15-21)24(30)27-9-12-28-10-7-19(8-11-28)34-20-5-6-22(25)23(26)16-20/h2-6,15-16,19H,7-14H2,1H3,(H,27,30). The van der Waals surface area contributed by atoms with Gasteiger partial charge in [-0.2, -0.15) is 0 Å². The van der Waals surface area contributed by atoms with E-state index in [0.29, 0.717) is 28.9 Å². The number of rotatable bonds is 10. The predicted octanol–water partition coefficient (Wildman–Crippen LogP) is 3.60. The first-order valence-electron chi connectivity index (χ1n) is 11.2. The molecule has 1 aliphatic heterocycles. The second-order valence-electron chi connectivity index (χ2n) is 8.18. The number of nitrogens with one attached hydrogen (secondary N) is 1. The lowest BCUT2D eigenvalue weighted by Crippen LogP contribution is -2.42. The number of carbonyl (C=O) groups excluding carboxylic acids is 2. The molecule has 1 saturated heterocycles. The zero-order valence-corrected chi connectivity index (χ0v) is 21.7. The van der Waals surface area contributed by atoms with Crippen LogP contribution >= 0.6 is 23.2 Å². The maximum absolute atomic E-state index is 12.5. The van der Waals surface area contributed by atoms with E-state index in [1.165, 1.54) is 25.1 Å². The quantitative estimate of drug-likeness (QED) is 0.457. The van der Waals surface area contributed by atoms with E-state index in [-0.39, 0.29) is 34.8 Å². The molecular formula is C24H28Cl2N2O6S. The fraction of sp³-hybridized carbons (Fsp3) is 0.417. The minimum absolute atomic E-state index is 0.0151. The van der Waals surface area contributed by atoms with Crippen molar-refractivity contribution in [3.8, 4) is 5.75 Å². The number of piperidine rings is 1. The van der Waals surface area contributed by atoms with E-state index in [4.69, 9.17) is 32.7 Å². The Kier molecular flexibility index (Phi) is 9.80. The number of ether oxygens (including phenoxy) is 2. The summed E-state index contributed by atoms with van der Waals surface area (Å²) >= 11 is 12.0. The van der Waals surface area contributed by atoms with Crippen LogP contribution in [0.5, 0.6) is 5.75 Å². The molecule has 1 aliphatic rings. The molecule has 0 radical (unpaired) electrons. The highest BCUT2D eigenvalue weighted by Gasteiger charge is 2.21. The second-order valence-corrected chi connectivity index (χ2v) is 11.1. The van der Waals surface area contributed by atoms with E-state index >= 15 is 0 Å². The molecule has 1 fully saturated rings. The van der Waals surface area contributed by atoms with Gasteiger partial charge in [0, 0.05) is 44.7 Å². The molecule has 0 aromatic heterocycles. The van der Waals surface area contributed by atoms with Crippen LogP contribution in [0.4, 0.5) is 0 Å². The third-order valence-corrected chi connectivity index (χ3v) is 7.97. The lowest BCUT2D eigenvalue weighted by Gasteiger charge is -2.32. The van der Waals surface area contributed by atoms with Gasteiger partial charge < -0.3 is 19.7 Å². The third kappa shape index (κ3) is 8.38. The molecule has 1 N–H and O–H groups in total. The van der Waals surface area contributed by atoms with Crippen molar-refractivity contribution < 1.29 is 27.5 Å². The summed E-state index contributed by atoms with van der Waals surface area (Å²) in [7, 11) is -3.67. The first-order chi connectivity index (χ1) is 16.6. The largest absolute Gasteiger partial charge is 0.490 e. The molecule has 0 bridgehead atoms. The molecule has 0 aliphatic carbocycles. The second kappa shape index (κ2) is 12.6. The van der Waals surface area contributed by atoms with Crippen LogP contribution in [0.15, 0.2) is 47.4 Å². The van der Waals surface area contributed by atoms with Crippen molar-refractivity contribution in [3.63, 3.8) is 0 Å². The van der Waals surface area contributed by atoms with Gasteiger partial charge in [-0.05, 0) is 43.2 Å². The van der Waals surface area contributed by atoms with Gasteiger partial charge in [-0.3, -0.25) is 9.59 Å². The lowest BCUT2D eigenvalue weighted by molar-refractivity contribution is -0.140. The topological polar surface area (TPSA) is 102 Å². The summed E-state index contributed by atoms with van der Waals surface area (Å²) in [4.78, 5) is 25.6. The van der Waals surface area contributed by atoms with Crippen molar-refractivity contribution in [1.29, 1.82) is 0 Å². The van der Waals surface area contributed by atoms with E-state index in [1.54, 1.807) is 24.3 Å². The number of hydrogen-bond donors (Lipinski definition) is 1. The maximum atomic E-state index is 12.5. The van der Waals surface area contributed by atoms with Gasteiger partial charge in [0.1, 0.15) is 18.5 Å². The fourth-order valence-corrected chi connectivity index (χ4v) is 5.09. The summed E-state index contributed by atoms with van der Waals surface area (Å²) in [6.45, 7) is 3.75. The molecule has 8 nitrogen and oxygen atoms in total. The minimum atomic E-state index is -3.67. The fourth-order valence-electron chi connectivity index (χ4n) is 3.67. The SMILES string of the molecule is CC(=O)OCCS(=O)(=O)c1cccc(C(=O)NCCN2CCC(Oc3ccc(Cl)c(Cl)c3)CC2)c1. The number of halogens is 2. The molecule has 1 amide bonds. The average Bonchev–Trinajstić information content (AvgIpc) is 2.82. The Morgan fingerprint density at radius 1 is 1.09 bits per heavy atom. The number of hydrogen-bond acceptors (Lipinski definition) is 7. The van der Waals surface area contributed by atoms with Crippen LogP contribution in [0.25, 0.3) is 0 Å². The Labute approximate surface area is 215 Å². The molecule has 1 heterocycles. The summed E-state index contributed by atoms with van der Waals surface area (Å²) in [5.41, 5.74) is 0.257.